The molecule has 0 aliphatic rings. The molecule has 4 nitrogen and oxygen atoms in total. The number of ether oxygens (including phenoxy) is 1. The molecule has 0 spiro atoms. The summed E-state index contributed by atoms with van der Waals surface area (Å²) in [4.78, 5) is 11.5. The SMILES string of the molecule is CCCCCCCC/C=C\CCCCCCCCCCCC(=O)OC(CO)CO. The van der Waals surface area contributed by atoms with Crippen molar-refractivity contribution >= 4 is 5.97 Å². The van der Waals surface area contributed by atoms with Crippen LogP contribution < -0.4 is 0 Å². The lowest BCUT2D eigenvalue weighted by molar-refractivity contribution is -0.153. The number of aliphatic hydroxyl groups excluding tert-OH is 2. The average molecular weight is 413 g/mol. The summed E-state index contributed by atoms with van der Waals surface area (Å²) in [6.45, 7) is 1.62. The highest BCUT2D eigenvalue weighted by molar-refractivity contribution is 5.69. The van der Waals surface area contributed by atoms with E-state index in [1.807, 2.05) is 0 Å². The van der Waals surface area contributed by atoms with E-state index in [1.165, 1.54) is 89.9 Å². The van der Waals surface area contributed by atoms with Gasteiger partial charge in [-0.1, -0.05) is 96.1 Å². The molecule has 172 valence electrons. The molecule has 0 unspecified atom stereocenters. The second kappa shape index (κ2) is 23.4. The largest absolute Gasteiger partial charge is 0.457 e. The first-order valence-electron chi connectivity index (χ1n) is 12.3. The number of hydrogen-bond acceptors (Lipinski definition) is 4. The van der Waals surface area contributed by atoms with Gasteiger partial charge in [0, 0.05) is 6.42 Å². The van der Waals surface area contributed by atoms with Crippen molar-refractivity contribution in [2.24, 2.45) is 0 Å². The van der Waals surface area contributed by atoms with Crippen LogP contribution in [0.2, 0.25) is 0 Å². The fraction of sp³-hybridized carbons (Fsp3) is 0.880. The van der Waals surface area contributed by atoms with Crippen molar-refractivity contribution in [3.8, 4) is 0 Å². The minimum atomic E-state index is -0.765. The Kier molecular flexibility index (Phi) is 22.7. The monoisotopic (exact) mass is 412 g/mol. The lowest BCUT2D eigenvalue weighted by Crippen LogP contribution is -2.25. The second-order valence-corrected chi connectivity index (χ2v) is 8.23. The predicted octanol–water partition coefficient (Wildman–Crippen LogP) is 6.48. The number of hydrogen-bond donors (Lipinski definition) is 2. The first-order chi connectivity index (χ1) is 14.2. The fourth-order valence-corrected chi connectivity index (χ4v) is 3.42. The third kappa shape index (κ3) is 21.7. The topological polar surface area (TPSA) is 66.8 Å². The van der Waals surface area contributed by atoms with Gasteiger partial charge >= 0.3 is 5.97 Å². The van der Waals surface area contributed by atoms with E-state index in [0.717, 1.165) is 19.3 Å². The van der Waals surface area contributed by atoms with Gasteiger partial charge in [0.2, 0.25) is 0 Å². The van der Waals surface area contributed by atoms with Gasteiger partial charge in [0.15, 0.2) is 0 Å². The first-order valence-corrected chi connectivity index (χ1v) is 12.3. The van der Waals surface area contributed by atoms with Crippen molar-refractivity contribution < 1.29 is 19.7 Å². The van der Waals surface area contributed by atoms with Crippen molar-refractivity contribution in [1.82, 2.24) is 0 Å². The molecule has 0 aliphatic heterocycles. The molecule has 0 atom stereocenters. The van der Waals surface area contributed by atoms with Crippen LogP contribution >= 0.6 is 0 Å². The molecule has 0 heterocycles. The van der Waals surface area contributed by atoms with Gasteiger partial charge in [0.1, 0.15) is 6.10 Å². The minimum Gasteiger partial charge on any atom is -0.457 e. The summed E-state index contributed by atoms with van der Waals surface area (Å²) in [6.07, 6.45) is 26.0. The summed E-state index contributed by atoms with van der Waals surface area (Å²) in [7, 11) is 0. The Labute approximate surface area is 180 Å². The van der Waals surface area contributed by atoms with Crippen LogP contribution in [0.15, 0.2) is 12.2 Å². The molecule has 0 aromatic heterocycles. The Hall–Kier alpha value is -0.870. The van der Waals surface area contributed by atoms with Gasteiger partial charge in [0.25, 0.3) is 0 Å². The molecule has 0 aromatic rings. The Balaban J connectivity index is 3.22. The van der Waals surface area contributed by atoms with E-state index >= 15 is 0 Å². The highest BCUT2D eigenvalue weighted by Crippen LogP contribution is 2.12. The number of rotatable bonds is 22. The van der Waals surface area contributed by atoms with Gasteiger partial charge in [-0.05, 0) is 32.1 Å². The molecule has 0 fully saturated rings. The standard InChI is InChI=1S/C25H48O4/c1-2-3-4-5-6-7-8-9-10-11-12-13-14-15-16-17-18-19-20-21-25(28)29-24(22-26)23-27/h9-10,24,26-27H,2-8,11-23H2,1H3/b10-9-. The summed E-state index contributed by atoms with van der Waals surface area (Å²) in [5, 5.41) is 17.7. The molecule has 0 aliphatic carbocycles. The van der Waals surface area contributed by atoms with Gasteiger partial charge in [-0.15, -0.1) is 0 Å². The molecule has 0 aromatic carbocycles. The Morgan fingerprint density at radius 3 is 1.55 bits per heavy atom. The third-order valence-electron chi connectivity index (χ3n) is 5.35. The molecule has 2 N–H and O–H groups in total. The molecule has 0 radical (unpaired) electrons. The van der Waals surface area contributed by atoms with Crippen LogP contribution in [0.3, 0.4) is 0 Å². The lowest BCUT2D eigenvalue weighted by Gasteiger charge is -2.12. The lowest BCUT2D eigenvalue weighted by atomic mass is 10.1. The third-order valence-corrected chi connectivity index (χ3v) is 5.35. The van der Waals surface area contributed by atoms with E-state index in [2.05, 4.69) is 19.1 Å². The fourth-order valence-electron chi connectivity index (χ4n) is 3.42. The van der Waals surface area contributed by atoms with E-state index in [9.17, 15) is 4.79 Å². The van der Waals surface area contributed by atoms with E-state index in [1.54, 1.807) is 0 Å². The number of unbranched alkanes of at least 4 members (excludes halogenated alkanes) is 15. The van der Waals surface area contributed by atoms with Crippen LogP contribution in [0.4, 0.5) is 0 Å². The van der Waals surface area contributed by atoms with Crippen LogP contribution in [0, 0.1) is 0 Å². The normalized spacial score (nSPS) is 11.6. The molecule has 0 rings (SSSR count). The highest BCUT2D eigenvalue weighted by Gasteiger charge is 2.11. The smallest absolute Gasteiger partial charge is 0.306 e. The van der Waals surface area contributed by atoms with Gasteiger partial charge in [-0.3, -0.25) is 4.79 Å². The number of aliphatic hydroxyl groups is 2. The molecular weight excluding hydrogens is 364 g/mol. The second-order valence-electron chi connectivity index (χ2n) is 8.23. The Morgan fingerprint density at radius 2 is 1.10 bits per heavy atom. The van der Waals surface area contributed by atoms with Gasteiger partial charge in [0.05, 0.1) is 13.2 Å². The van der Waals surface area contributed by atoms with Crippen molar-refractivity contribution in [2.45, 2.75) is 129 Å². The van der Waals surface area contributed by atoms with Crippen molar-refractivity contribution in [2.75, 3.05) is 13.2 Å². The van der Waals surface area contributed by atoms with Crippen LogP contribution in [0.25, 0.3) is 0 Å². The molecule has 4 heteroatoms. The van der Waals surface area contributed by atoms with Crippen molar-refractivity contribution in [3.63, 3.8) is 0 Å². The maximum Gasteiger partial charge on any atom is 0.306 e. The summed E-state index contributed by atoms with van der Waals surface area (Å²) in [5.41, 5.74) is 0. The zero-order valence-corrected chi connectivity index (χ0v) is 19.1. The van der Waals surface area contributed by atoms with Crippen LogP contribution in [-0.2, 0) is 9.53 Å². The summed E-state index contributed by atoms with van der Waals surface area (Å²) in [5.74, 6) is -0.320. The number of esters is 1. The summed E-state index contributed by atoms with van der Waals surface area (Å²) < 4.78 is 4.94. The number of allylic oxidation sites excluding steroid dienone is 2. The molecule has 0 saturated heterocycles. The van der Waals surface area contributed by atoms with Gasteiger partial charge < -0.3 is 14.9 Å². The minimum absolute atomic E-state index is 0.320. The Morgan fingerprint density at radius 1 is 0.690 bits per heavy atom. The van der Waals surface area contributed by atoms with E-state index in [-0.39, 0.29) is 19.2 Å². The maximum atomic E-state index is 11.5. The molecule has 29 heavy (non-hydrogen) atoms. The maximum absolute atomic E-state index is 11.5. The molecule has 0 saturated carbocycles. The van der Waals surface area contributed by atoms with Crippen molar-refractivity contribution in [3.05, 3.63) is 12.2 Å². The molecule has 0 amide bonds. The first kappa shape index (κ1) is 28.1. The van der Waals surface area contributed by atoms with Crippen LogP contribution in [0.1, 0.15) is 122 Å². The van der Waals surface area contributed by atoms with Crippen LogP contribution in [-0.4, -0.2) is 35.5 Å². The zero-order chi connectivity index (χ0) is 21.4. The average Bonchev–Trinajstić information content (AvgIpc) is 2.73. The number of carbonyl (C=O) groups is 1. The van der Waals surface area contributed by atoms with E-state index < -0.39 is 6.10 Å². The predicted molar refractivity (Wildman–Crippen MR) is 122 cm³/mol. The molecule has 0 bridgehead atoms. The zero-order valence-electron chi connectivity index (χ0n) is 19.1. The van der Waals surface area contributed by atoms with E-state index in [0.29, 0.717) is 6.42 Å². The quantitative estimate of drug-likeness (QED) is 0.121. The molecular formula is C25H48O4. The van der Waals surface area contributed by atoms with Gasteiger partial charge in [-0.2, -0.15) is 0 Å². The van der Waals surface area contributed by atoms with Crippen LogP contribution in [0.5, 0.6) is 0 Å². The summed E-state index contributed by atoms with van der Waals surface area (Å²) in [6, 6.07) is 0. The van der Waals surface area contributed by atoms with Gasteiger partial charge in [-0.25, -0.2) is 0 Å². The number of carbonyl (C=O) groups excluding carboxylic acids is 1. The summed E-state index contributed by atoms with van der Waals surface area (Å²) >= 11 is 0. The van der Waals surface area contributed by atoms with E-state index in [4.69, 9.17) is 14.9 Å². The highest BCUT2D eigenvalue weighted by atomic mass is 16.6. The Bertz CT molecular complexity index is 364. The van der Waals surface area contributed by atoms with Crippen molar-refractivity contribution in [1.29, 1.82) is 0 Å².